The highest BCUT2D eigenvalue weighted by Crippen LogP contribution is 2.34. The molecular formula is C12H8BrClN2O3. The van der Waals surface area contributed by atoms with Gasteiger partial charge in [-0.25, -0.2) is 0 Å². The zero-order valence-electron chi connectivity index (χ0n) is 9.76. The number of halogens is 2. The third-order valence-electron chi connectivity index (χ3n) is 2.30. The van der Waals surface area contributed by atoms with E-state index in [9.17, 15) is 10.1 Å². The molecule has 7 heteroatoms. The zero-order chi connectivity index (χ0) is 14.0. The van der Waals surface area contributed by atoms with Crippen molar-refractivity contribution < 1.29 is 9.66 Å². The molecule has 19 heavy (non-hydrogen) atoms. The van der Waals surface area contributed by atoms with Gasteiger partial charge in [-0.2, -0.15) is 4.98 Å². The van der Waals surface area contributed by atoms with Crippen molar-refractivity contribution in [2.24, 2.45) is 0 Å². The van der Waals surface area contributed by atoms with Crippen LogP contribution in [0.3, 0.4) is 0 Å². The fourth-order valence-electron chi connectivity index (χ4n) is 1.42. The zero-order valence-corrected chi connectivity index (χ0v) is 12.1. The number of nitro groups is 1. The van der Waals surface area contributed by atoms with E-state index < -0.39 is 4.92 Å². The van der Waals surface area contributed by atoms with Crippen LogP contribution in [-0.2, 0) is 0 Å². The SMILES string of the molecule is Cc1ccc(Oc2nc(Cl)ccc2[N+](=O)[O-])c(Br)c1. The minimum atomic E-state index is -0.569. The lowest BCUT2D eigenvalue weighted by Crippen LogP contribution is -1.96. The van der Waals surface area contributed by atoms with E-state index in [1.165, 1.54) is 12.1 Å². The minimum absolute atomic E-state index is 0.129. The first kappa shape index (κ1) is 13.8. The van der Waals surface area contributed by atoms with Crippen molar-refractivity contribution in [1.29, 1.82) is 0 Å². The summed E-state index contributed by atoms with van der Waals surface area (Å²) in [5.41, 5.74) is 0.796. The van der Waals surface area contributed by atoms with Crippen molar-refractivity contribution in [3.63, 3.8) is 0 Å². The monoisotopic (exact) mass is 342 g/mol. The number of rotatable bonds is 3. The Hall–Kier alpha value is -1.66. The molecule has 0 atom stereocenters. The number of nitrogens with zero attached hydrogens (tertiary/aromatic N) is 2. The van der Waals surface area contributed by atoms with Crippen LogP contribution < -0.4 is 4.74 Å². The first-order chi connectivity index (χ1) is 8.97. The lowest BCUT2D eigenvalue weighted by atomic mass is 10.2. The van der Waals surface area contributed by atoms with Gasteiger partial charge in [-0.15, -0.1) is 0 Å². The molecule has 2 rings (SSSR count). The Bertz CT molecular complexity index is 649. The Morgan fingerprint density at radius 3 is 2.74 bits per heavy atom. The van der Waals surface area contributed by atoms with Crippen LogP contribution in [0.25, 0.3) is 0 Å². The van der Waals surface area contributed by atoms with Crippen LogP contribution in [0.5, 0.6) is 11.6 Å². The van der Waals surface area contributed by atoms with Gasteiger partial charge in [-0.3, -0.25) is 10.1 Å². The molecule has 0 bridgehead atoms. The average Bonchev–Trinajstić information content (AvgIpc) is 2.32. The summed E-state index contributed by atoms with van der Waals surface area (Å²) in [5, 5.41) is 11.0. The normalized spacial score (nSPS) is 10.3. The molecule has 0 unspecified atom stereocenters. The van der Waals surface area contributed by atoms with Crippen molar-refractivity contribution in [3.8, 4) is 11.6 Å². The quantitative estimate of drug-likeness (QED) is 0.467. The smallest absolute Gasteiger partial charge is 0.331 e. The van der Waals surface area contributed by atoms with Crippen LogP contribution in [0, 0.1) is 17.0 Å². The van der Waals surface area contributed by atoms with E-state index in [2.05, 4.69) is 20.9 Å². The molecule has 0 radical (unpaired) electrons. The van der Waals surface area contributed by atoms with Crippen molar-refractivity contribution in [2.45, 2.75) is 6.92 Å². The van der Waals surface area contributed by atoms with E-state index >= 15 is 0 Å². The van der Waals surface area contributed by atoms with Crippen LogP contribution in [0.2, 0.25) is 5.15 Å². The minimum Gasteiger partial charge on any atom is -0.432 e. The average molecular weight is 344 g/mol. The summed E-state index contributed by atoms with van der Waals surface area (Å²) in [6.45, 7) is 1.93. The number of aryl methyl sites for hydroxylation is 1. The number of hydrogen-bond acceptors (Lipinski definition) is 4. The first-order valence-corrected chi connectivity index (χ1v) is 6.39. The lowest BCUT2D eigenvalue weighted by Gasteiger charge is -2.08. The Labute approximate surface area is 122 Å². The van der Waals surface area contributed by atoms with E-state index in [4.69, 9.17) is 16.3 Å². The van der Waals surface area contributed by atoms with Gasteiger partial charge in [0.1, 0.15) is 10.9 Å². The van der Waals surface area contributed by atoms with Crippen molar-refractivity contribution >= 4 is 33.2 Å². The molecule has 1 aromatic carbocycles. The maximum absolute atomic E-state index is 10.9. The lowest BCUT2D eigenvalue weighted by molar-refractivity contribution is -0.386. The largest absolute Gasteiger partial charge is 0.432 e. The summed E-state index contributed by atoms with van der Waals surface area (Å²) >= 11 is 9.06. The number of hydrogen-bond donors (Lipinski definition) is 0. The molecule has 0 aliphatic heterocycles. The molecule has 98 valence electrons. The third-order valence-corrected chi connectivity index (χ3v) is 3.13. The second-order valence-electron chi connectivity index (χ2n) is 3.75. The molecule has 0 N–H and O–H groups in total. The molecule has 0 amide bonds. The first-order valence-electron chi connectivity index (χ1n) is 5.22. The molecule has 0 saturated carbocycles. The molecular weight excluding hydrogens is 336 g/mol. The summed E-state index contributed by atoms with van der Waals surface area (Å²) in [6, 6.07) is 7.97. The second kappa shape index (κ2) is 5.54. The van der Waals surface area contributed by atoms with Crippen LogP contribution in [-0.4, -0.2) is 9.91 Å². The van der Waals surface area contributed by atoms with E-state index in [1.54, 1.807) is 6.07 Å². The number of aromatic nitrogens is 1. The van der Waals surface area contributed by atoms with Gasteiger partial charge < -0.3 is 4.74 Å². The molecule has 2 aromatic rings. The van der Waals surface area contributed by atoms with Crippen molar-refractivity contribution in [1.82, 2.24) is 4.98 Å². The summed E-state index contributed by atoms with van der Waals surface area (Å²) in [5.74, 6) is 0.297. The highest BCUT2D eigenvalue weighted by molar-refractivity contribution is 9.10. The molecule has 0 saturated heterocycles. The Balaban J connectivity index is 2.42. The van der Waals surface area contributed by atoms with Crippen molar-refractivity contribution in [3.05, 3.63) is 55.6 Å². The molecule has 1 aromatic heterocycles. The number of ether oxygens (including phenoxy) is 1. The molecule has 0 aliphatic rings. The fraction of sp³-hybridized carbons (Fsp3) is 0.0833. The molecule has 5 nitrogen and oxygen atoms in total. The van der Waals surface area contributed by atoms with Gasteiger partial charge in [0.25, 0.3) is 0 Å². The molecule has 0 aliphatic carbocycles. The van der Waals surface area contributed by atoms with Gasteiger partial charge in [0.2, 0.25) is 0 Å². The van der Waals surface area contributed by atoms with E-state index in [-0.39, 0.29) is 16.7 Å². The number of pyridine rings is 1. The van der Waals surface area contributed by atoms with Gasteiger partial charge in [-0.1, -0.05) is 17.7 Å². The standard InChI is InChI=1S/C12H8BrClN2O3/c1-7-2-4-10(8(13)6-7)19-12-9(16(17)18)3-5-11(14)15-12/h2-6H,1H3. The summed E-state index contributed by atoms with van der Waals surface area (Å²) < 4.78 is 6.14. The van der Waals surface area contributed by atoms with Crippen LogP contribution in [0.1, 0.15) is 5.56 Å². The second-order valence-corrected chi connectivity index (χ2v) is 4.99. The van der Waals surface area contributed by atoms with Gasteiger partial charge in [-0.05, 0) is 46.6 Å². The Kier molecular flexibility index (Phi) is 4.01. The highest BCUT2D eigenvalue weighted by atomic mass is 79.9. The summed E-state index contributed by atoms with van der Waals surface area (Å²) in [4.78, 5) is 14.2. The van der Waals surface area contributed by atoms with Crippen LogP contribution in [0.4, 0.5) is 5.69 Å². The Morgan fingerprint density at radius 1 is 1.37 bits per heavy atom. The van der Waals surface area contributed by atoms with E-state index in [0.717, 1.165) is 5.56 Å². The van der Waals surface area contributed by atoms with E-state index in [0.29, 0.717) is 10.2 Å². The van der Waals surface area contributed by atoms with Gasteiger partial charge in [0.15, 0.2) is 0 Å². The predicted octanol–water partition coefficient (Wildman–Crippen LogP) is 4.51. The molecule has 1 heterocycles. The molecule has 0 spiro atoms. The Morgan fingerprint density at radius 2 is 2.11 bits per heavy atom. The highest BCUT2D eigenvalue weighted by Gasteiger charge is 2.19. The maximum atomic E-state index is 10.9. The van der Waals surface area contributed by atoms with E-state index in [1.807, 2.05) is 19.1 Å². The molecule has 0 fully saturated rings. The topological polar surface area (TPSA) is 65.3 Å². The van der Waals surface area contributed by atoms with Gasteiger partial charge in [0, 0.05) is 6.07 Å². The summed E-state index contributed by atoms with van der Waals surface area (Å²) in [7, 11) is 0. The van der Waals surface area contributed by atoms with Crippen molar-refractivity contribution in [2.75, 3.05) is 0 Å². The third kappa shape index (κ3) is 3.21. The fourth-order valence-corrected chi connectivity index (χ4v) is 2.13. The summed E-state index contributed by atoms with van der Waals surface area (Å²) in [6.07, 6.45) is 0. The van der Waals surface area contributed by atoms with Gasteiger partial charge in [0.05, 0.1) is 9.40 Å². The maximum Gasteiger partial charge on any atom is 0.331 e. The number of benzene rings is 1. The predicted molar refractivity (Wildman–Crippen MR) is 74.9 cm³/mol. The van der Waals surface area contributed by atoms with Crippen LogP contribution in [0.15, 0.2) is 34.8 Å². The van der Waals surface area contributed by atoms with Gasteiger partial charge >= 0.3 is 11.6 Å². The van der Waals surface area contributed by atoms with Crippen LogP contribution >= 0.6 is 27.5 Å².